The molecule has 2 saturated carbocycles. The summed E-state index contributed by atoms with van der Waals surface area (Å²) in [5.74, 6) is 0.112. The van der Waals surface area contributed by atoms with Crippen LogP contribution in [0.3, 0.4) is 0 Å². The second kappa shape index (κ2) is 5.31. The fourth-order valence-corrected chi connectivity index (χ4v) is 4.72. The zero-order valence-corrected chi connectivity index (χ0v) is 14.6. The molecule has 128 valence electrons. The van der Waals surface area contributed by atoms with Crippen molar-refractivity contribution in [1.82, 2.24) is 10.2 Å². The van der Waals surface area contributed by atoms with E-state index >= 15 is 0 Å². The first-order valence-electron chi connectivity index (χ1n) is 8.29. The number of thiophene rings is 1. The van der Waals surface area contributed by atoms with Gasteiger partial charge in [0.25, 0.3) is 5.91 Å². The molecule has 7 heteroatoms. The van der Waals surface area contributed by atoms with Gasteiger partial charge in [0.05, 0.1) is 13.7 Å². The lowest BCUT2D eigenvalue weighted by atomic mass is 9.87. The molecule has 0 aromatic carbocycles. The zero-order valence-electron chi connectivity index (χ0n) is 13.8. The van der Waals surface area contributed by atoms with Crippen molar-refractivity contribution < 1.29 is 19.1 Å². The first-order chi connectivity index (χ1) is 11.5. The fourth-order valence-electron chi connectivity index (χ4n) is 3.77. The molecule has 6 nitrogen and oxygen atoms in total. The van der Waals surface area contributed by atoms with Crippen molar-refractivity contribution in [3.05, 3.63) is 21.4 Å². The summed E-state index contributed by atoms with van der Waals surface area (Å²) in [4.78, 5) is 40.0. The number of esters is 1. The molecule has 0 bridgehead atoms. The van der Waals surface area contributed by atoms with E-state index in [2.05, 4.69) is 5.32 Å². The third-order valence-electron chi connectivity index (χ3n) is 5.34. The van der Waals surface area contributed by atoms with Crippen LogP contribution in [0.5, 0.6) is 0 Å². The molecule has 3 aliphatic rings. The molecule has 3 amide bonds. The Hall–Kier alpha value is -1.89. The van der Waals surface area contributed by atoms with Gasteiger partial charge in [0, 0.05) is 4.88 Å². The number of carbonyl (C=O) groups excluding carboxylic acids is 3. The number of hydrogen-bond acceptors (Lipinski definition) is 5. The maximum atomic E-state index is 13.1. The van der Waals surface area contributed by atoms with E-state index in [1.54, 1.807) is 6.07 Å². The van der Waals surface area contributed by atoms with Gasteiger partial charge in [0.15, 0.2) is 0 Å². The minimum atomic E-state index is -0.661. The third kappa shape index (κ3) is 2.25. The third-order valence-corrected chi connectivity index (χ3v) is 6.41. The smallest absolute Gasteiger partial charge is 0.348 e. The minimum Gasteiger partial charge on any atom is -0.465 e. The molecule has 0 atom stereocenters. The Balaban J connectivity index is 1.59. The van der Waals surface area contributed by atoms with Crippen LogP contribution in [0.25, 0.3) is 0 Å². The summed E-state index contributed by atoms with van der Waals surface area (Å²) in [5.41, 5.74) is 0.165. The van der Waals surface area contributed by atoms with Crippen LogP contribution >= 0.6 is 11.3 Å². The second-order valence-electron chi connectivity index (χ2n) is 6.92. The Bertz CT molecular complexity index is 721. The van der Waals surface area contributed by atoms with Gasteiger partial charge in [-0.1, -0.05) is 0 Å². The molecule has 0 radical (unpaired) electrons. The standard InChI is InChI=1S/C17H20N2O4S/c1-9-10(7-13(24-9)14(20)23-2)8-19-15(21)17(11-3-4-11,12-5-6-12)18-16(19)22/h7,11-12H,3-6,8H2,1-2H3,(H,18,22). The quantitative estimate of drug-likeness (QED) is 0.655. The van der Waals surface area contributed by atoms with E-state index in [4.69, 9.17) is 4.74 Å². The number of nitrogens with zero attached hydrogens (tertiary/aromatic N) is 1. The second-order valence-corrected chi connectivity index (χ2v) is 8.18. The summed E-state index contributed by atoms with van der Waals surface area (Å²) in [6, 6.07) is 1.42. The van der Waals surface area contributed by atoms with Crippen LogP contribution in [0, 0.1) is 18.8 Å². The largest absolute Gasteiger partial charge is 0.465 e. The molecular formula is C17H20N2O4S. The molecule has 2 aliphatic carbocycles. The van der Waals surface area contributed by atoms with E-state index in [9.17, 15) is 14.4 Å². The molecule has 3 fully saturated rings. The molecule has 1 N–H and O–H groups in total. The van der Waals surface area contributed by atoms with Crippen LogP contribution in [0.2, 0.25) is 0 Å². The van der Waals surface area contributed by atoms with Gasteiger partial charge in [0.1, 0.15) is 10.4 Å². The van der Waals surface area contributed by atoms with E-state index in [1.807, 2.05) is 6.92 Å². The van der Waals surface area contributed by atoms with Gasteiger partial charge in [-0.3, -0.25) is 9.69 Å². The number of imide groups is 1. The maximum Gasteiger partial charge on any atom is 0.348 e. The topological polar surface area (TPSA) is 75.7 Å². The van der Waals surface area contributed by atoms with Crippen LogP contribution in [0.1, 0.15) is 45.8 Å². The van der Waals surface area contributed by atoms with Crippen molar-refractivity contribution >= 4 is 29.2 Å². The van der Waals surface area contributed by atoms with E-state index < -0.39 is 11.5 Å². The summed E-state index contributed by atoms with van der Waals surface area (Å²) in [5, 5.41) is 3.02. The number of methoxy groups -OCH3 is 1. The normalized spacial score (nSPS) is 22.7. The van der Waals surface area contributed by atoms with Crippen molar-refractivity contribution in [2.75, 3.05) is 7.11 Å². The highest BCUT2D eigenvalue weighted by molar-refractivity contribution is 7.14. The fraction of sp³-hybridized carbons (Fsp3) is 0.588. The molecule has 24 heavy (non-hydrogen) atoms. The van der Waals surface area contributed by atoms with Crippen LogP contribution in [0.15, 0.2) is 6.07 Å². The Morgan fingerprint density at radius 2 is 1.96 bits per heavy atom. The van der Waals surface area contributed by atoms with Gasteiger partial charge in [-0.05, 0) is 56.1 Å². The van der Waals surface area contributed by atoms with E-state index in [0.29, 0.717) is 16.7 Å². The van der Waals surface area contributed by atoms with Crippen LogP contribution in [0.4, 0.5) is 4.79 Å². The summed E-state index contributed by atoms with van der Waals surface area (Å²) < 4.78 is 4.74. The number of ether oxygens (including phenoxy) is 1. The van der Waals surface area contributed by atoms with Crippen LogP contribution < -0.4 is 5.32 Å². The van der Waals surface area contributed by atoms with E-state index in [1.165, 1.54) is 23.3 Å². The molecule has 1 aromatic heterocycles. The monoisotopic (exact) mass is 348 g/mol. The number of carbonyl (C=O) groups is 3. The predicted molar refractivity (Wildman–Crippen MR) is 87.7 cm³/mol. The molecule has 2 heterocycles. The minimum absolute atomic E-state index is 0.0808. The van der Waals surface area contributed by atoms with Crippen molar-refractivity contribution in [2.24, 2.45) is 11.8 Å². The lowest BCUT2D eigenvalue weighted by Gasteiger charge is -2.26. The molecule has 1 aromatic rings. The number of amides is 3. The molecule has 0 spiro atoms. The SMILES string of the molecule is COC(=O)c1cc(CN2C(=O)NC(C3CC3)(C3CC3)C2=O)c(C)s1. The summed E-state index contributed by atoms with van der Waals surface area (Å²) >= 11 is 1.33. The van der Waals surface area contributed by atoms with E-state index in [-0.39, 0.29) is 18.5 Å². The van der Waals surface area contributed by atoms with Crippen molar-refractivity contribution in [3.63, 3.8) is 0 Å². The highest BCUT2D eigenvalue weighted by atomic mass is 32.1. The van der Waals surface area contributed by atoms with E-state index in [0.717, 1.165) is 36.1 Å². The first-order valence-corrected chi connectivity index (χ1v) is 9.10. The maximum absolute atomic E-state index is 13.1. The lowest BCUT2D eigenvalue weighted by Crippen LogP contribution is -2.51. The molecule has 1 saturated heterocycles. The van der Waals surface area contributed by atoms with Crippen LogP contribution in [-0.4, -0.2) is 35.5 Å². The Morgan fingerprint density at radius 1 is 1.33 bits per heavy atom. The summed E-state index contributed by atoms with van der Waals surface area (Å²) in [6.45, 7) is 2.10. The molecule has 1 aliphatic heterocycles. The van der Waals surface area contributed by atoms with Crippen molar-refractivity contribution in [1.29, 1.82) is 0 Å². The number of nitrogens with one attached hydrogen (secondary N) is 1. The Kier molecular flexibility index (Phi) is 3.46. The molecular weight excluding hydrogens is 328 g/mol. The summed E-state index contributed by atoms with van der Waals surface area (Å²) in [7, 11) is 1.34. The Morgan fingerprint density at radius 3 is 2.50 bits per heavy atom. The van der Waals surface area contributed by atoms with Gasteiger partial charge in [-0.2, -0.15) is 0 Å². The average molecular weight is 348 g/mol. The van der Waals surface area contributed by atoms with Gasteiger partial charge in [-0.25, -0.2) is 9.59 Å². The average Bonchev–Trinajstić information content (AvgIpc) is 3.46. The van der Waals surface area contributed by atoms with Crippen molar-refractivity contribution in [3.8, 4) is 0 Å². The van der Waals surface area contributed by atoms with Crippen molar-refractivity contribution in [2.45, 2.75) is 44.7 Å². The van der Waals surface area contributed by atoms with Crippen LogP contribution in [-0.2, 0) is 16.1 Å². The zero-order chi connectivity index (χ0) is 17.1. The lowest BCUT2D eigenvalue weighted by molar-refractivity contribution is -0.133. The predicted octanol–water partition coefficient (Wildman–Crippen LogP) is 2.45. The van der Waals surface area contributed by atoms with Gasteiger partial charge >= 0.3 is 12.0 Å². The summed E-state index contributed by atoms with van der Waals surface area (Å²) in [6.07, 6.45) is 4.06. The first kappa shape index (κ1) is 15.6. The number of rotatable bonds is 5. The number of hydrogen-bond donors (Lipinski definition) is 1. The van der Waals surface area contributed by atoms with Gasteiger partial charge in [0.2, 0.25) is 0 Å². The number of urea groups is 1. The highest BCUT2D eigenvalue weighted by Crippen LogP contribution is 2.54. The number of aryl methyl sites for hydroxylation is 1. The molecule has 0 unspecified atom stereocenters. The van der Waals surface area contributed by atoms with Gasteiger partial charge < -0.3 is 10.1 Å². The van der Waals surface area contributed by atoms with Gasteiger partial charge in [-0.15, -0.1) is 11.3 Å². The Labute approximate surface area is 144 Å². The molecule has 4 rings (SSSR count). The highest BCUT2D eigenvalue weighted by Gasteiger charge is 2.65.